The number of piperazine rings is 1. The van der Waals surface area contributed by atoms with Crippen molar-refractivity contribution in [2.24, 2.45) is 0 Å². The minimum absolute atomic E-state index is 0.0144. The Morgan fingerprint density at radius 2 is 1.91 bits per heavy atom. The molecule has 1 aromatic heterocycles. The van der Waals surface area contributed by atoms with Crippen LogP contribution in [-0.2, 0) is 20.7 Å². The van der Waals surface area contributed by atoms with Gasteiger partial charge in [-0.3, -0.25) is 19.7 Å². The number of nitro benzene ring substituents is 1. The van der Waals surface area contributed by atoms with Gasteiger partial charge in [0.1, 0.15) is 6.04 Å². The molecule has 34 heavy (non-hydrogen) atoms. The first-order valence-electron chi connectivity index (χ1n) is 11.5. The van der Waals surface area contributed by atoms with Gasteiger partial charge in [-0.25, -0.2) is 0 Å². The van der Waals surface area contributed by atoms with Crippen molar-refractivity contribution in [2.45, 2.75) is 31.8 Å². The Balaban J connectivity index is 1.56. The Kier molecular flexibility index (Phi) is 5.79. The Bertz CT molecular complexity index is 1250. The van der Waals surface area contributed by atoms with Crippen molar-refractivity contribution in [3.63, 3.8) is 0 Å². The van der Waals surface area contributed by atoms with Gasteiger partial charge in [0.15, 0.2) is 0 Å². The van der Waals surface area contributed by atoms with Crippen LogP contribution in [0.15, 0.2) is 48.5 Å². The number of ether oxygens (including phenoxy) is 1. The van der Waals surface area contributed by atoms with Gasteiger partial charge in [-0.05, 0) is 42.7 Å². The number of nitrogens with zero attached hydrogens (tertiary/aromatic N) is 3. The number of H-pyrrole nitrogens is 1. The second-order valence-corrected chi connectivity index (χ2v) is 8.65. The number of hydrogen-bond acceptors (Lipinski definition) is 5. The highest BCUT2D eigenvalue weighted by atomic mass is 16.6. The zero-order chi connectivity index (χ0) is 23.8. The lowest BCUT2D eigenvalue weighted by atomic mass is 9.86. The first-order valence-corrected chi connectivity index (χ1v) is 11.5. The number of rotatable bonds is 7. The first-order chi connectivity index (χ1) is 16.5. The standard InChI is InChI=1S/C25H26N4O5/c1-2-34-13-5-12-27-15-22(30)28-21(25(27)31)14-19-18-6-3-4-7-20(18)26-23(19)24(28)16-8-10-17(11-9-16)29(32)33/h3-4,6-11,21,24,26H,2,5,12-15H2,1H3/t21-,24?/m0/s1. The summed E-state index contributed by atoms with van der Waals surface area (Å²) >= 11 is 0. The Morgan fingerprint density at radius 3 is 2.65 bits per heavy atom. The van der Waals surface area contributed by atoms with Gasteiger partial charge in [0.25, 0.3) is 5.69 Å². The molecule has 3 aromatic rings. The molecule has 9 nitrogen and oxygen atoms in total. The van der Waals surface area contributed by atoms with E-state index in [9.17, 15) is 19.7 Å². The first kappa shape index (κ1) is 22.1. The second kappa shape index (κ2) is 8.90. The molecule has 2 atom stereocenters. The topological polar surface area (TPSA) is 109 Å². The maximum absolute atomic E-state index is 13.5. The number of nitrogens with one attached hydrogen (secondary N) is 1. The van der Waals surface area contributed by atoms with Crippen molar-refractivity contribution in [3.05, 3.63) is 75.5 Å². The predicted octanol–water partition coefficient (Wildman–Crippen LogP) is 3.19. The van der Waals surface area contributed by atoms with E-state index in [0.717, 1.165) is 27.7 Å². The van der Waals surface area contributed by atoms with Crippen molar-refractivity contribution in [2.75, 3.05) is 26.3 Å². The number of benzene rings is 2. The van der Waals surface area contributed by atoms with Crippen LogP contribution in [0.3, 0.4) is 0 Å². The van der Waals surface area contributed by atoms with Gasteiger partial charge in [-0.1, -0.05) is 18.2 Å². The van der Waals surface area contributed by atoms with E-state index in [-0.39, 0.29) is 24.0 Å². The molecule has 1 N–H and O–H groups in total. The quantitative estimate of drug-likeness (QED) is 0.330. The van der Waals surface area contributed by atoms with E-state index in [4.69, 9.17) is 4.74 Å². The summed E-state index contributed by atoms with van der Waals surface area (Å²) in [6.07, 6.45) is 1.10. The number of para-hydroxylation sites is 1. The Morgan fingerprint density at radius 1 is 1.15 bits per heavy atom. The van der Waals surface area contributed by atoms with E-state index in [1.807, 2.05) is 31.2 Å². The highest BCUT2D eigenvalue weighted by molar-refractivity contribution is 5.97. The molecule has 2 amide bonds. The number of amides is 2. The largest absolute Gasteiger partial charge is 0.382 e. The number of carbonyl (C=O) groups excluding carboxylic acids is 2. The Labute approximate surface area is 196 Å². The van der Waals surface area contributed by atoms with Gasteiger partial charge < -0.3 is 19.5 Å². The minimum atomic E-state index is -0.625. The summed E-state index contributed by atoms with van der Waals surface area (Å²) in [5.74, 6) is -0.201. The van der Waals surface area contributed by atoms with Gasteiger partial charge in [-0.2, -0.15) is 0 Å². The van der Waals surface area contributed by atoms with Gasteiger partial charge in [-0.15, -0.1) is 0 Å². The Hall–Kier alpha value is -3.72. The zero-order valence-corrected chi connectivity index (χ0v) is 18.9. The SMILES string of the molecule is CCOCCCN1CC(=O)N2C(c3ccc([N+](=O)[O-])cc3)c3[nH]c4ccccc4c3C[C@H]2C1=O. The fourth-order valence-corrected chi connectivity index (χ4v) is 5.14. The average Bonchev–Trinajstić information content (AvgIpc) is 3.22. The van der Waals surface area contributed by atoms with E-state index in [1.165, 1.54) is 12.1 Å². The fraction of sp³-hybridized carbons (Fsp3) is 0.360. The summed E-state index contributed by atoms with van der Waals surface area (Å²) in [6.45, 7) is 3.56. The molecule has 9 heteroatoms. The second-order valence-electron chi connectivity index (χ2n) is 8.65. The van der Waals surface area contributed by atoms with Crippen molar-refractivity contribution in [1.29, 1.82) is 0 Å². The predicted molar refractivity (Wildman–Crippen MR) is 125 cm³/mol. The molecule has 0 aliphatic carbocycles. The molecule has 0 bridgehead atoms. The molecule has 1 saturated heterocycles. The number of hydrogen-bond donors (Lipinski definition) is 1. The minimum Gasteiger partial charge on any atom is -0.382 e. The van der Waals surface area contributed by atoms with Gasteiger partial charge in [0.2, 0.25) is 11.8 Å². The van der Waals surface area contributed by atoms with Crippen molar-refractivity contribution < 1.29 is 19.2 Å². The molecule has 3 heterocycles. The monoisotopic (exact) mass is 462 g/mol. The summed E-state index contributed by atoms with van der Waals surface area (Å²) in [6, 6.07) is 13.0. The van der Waals surface area contributed by atoms with E-state index in [2.05, 4.69) is 4.98 Å². The van der Waals surface area contributed by atoms with Crippen LogP contribution in [0.1, 0.15) is 36.2 Å². The maximum Gasteiger partial charge on any atom is 0.269 e. The number of carbonyl (C=O) groups is 2. The lowest BCUT2D eigenvalue weighted by Gasteiger charge is -2.47. The van der Waals surface area contributed by atoms with Crippen LogP contribution < -0.4 is 0 Å². The van der Waals surface area contributed by atoms with Gasteiger partial charge in [0, 0.05) is 54.9 Å². The number of nitro groups is 1. The van der Waals surface area contributed by atoms with Gasteiger partial charge in [0.05, 0.1) is 17.5 Å². The fourth-order valence-electron chi connectivity index (χ4n) is 5.14. The van der Waals surface area contributed by atoms with Crippen LogP contribution in [0.25, 0.3) is 10.9 Å². The normalized spacial score (nSPS) is 19.9. The van der Waals surface area contributed by atoms with Crippen molar-refractivity contribution in [3.8, 4) is 0 Å². The zero-order valence-electron chi connectivity index (χ0n) is 18.9. The lowest BCUT2D eigenvalue weighted by Crippen LogP contribution is -2.63. The lowest BCUT2D eigenvalue weighted by molar-refractivity contribution is -0.384. The van der Waals surface area contributed by atoms with Crippen molar-refractivity contribution in [1.82, 2.24) is 14.8 Å². The van der Waals surface area contributed by atoms with Crippen LogP contribution in [0.5, 0.6) is 0 Å². The third kappa shape index (κ3) is 3.71. The molecule has 0 spiro atoms. The van der Waals surface area contributed by atoms with Crippen LogP contribution >= 0.6 is 0 Å². The molecule has 2 aromatic carbocycles. The summed E-state index contributed by atoms with van der Waals surface area (Å²) in [4.78, 5) is 44.5. The molecule has 2 aliphatic heterocycles. The summed E-state index contributed by atoms with van der Waals surface area (Å²) in [5.41, 5.74) is 3.52. The van der Waals surface area contributed by atoms with E-state index in [1.54, 1.807) is 21.9 Å². The molecule has 0 saturated carbocycles. The van der Waals surface area contributed by atoms with E-state index in [0.29, 0.717) is 32.6 Å². The summed E-state index contributed by atoms with van der Waals surface area (Å²) < 4.78 is 5.39. The number of aromatic amines is 1. The smallest absolute Gasteiger partial charge is 0.269 e. The third-order valence-electron chi connectivity index (χ3n) is 6.68. The van der Waals surface area contributed by atoms with E-state index < -0.39 is 17.0 Å². The third-order valence-corrected chi connectivity index (χ3v) is 6.68. The summed E-state index contributed by atoms with van der Waals surface area (Å²) in [5, 5.41) is 12.2. The molecule has 1 unspecified atom stereocenters. The van der Waals surface area contributed by atoms with E-state index >= 15 is 0 Å². The van der Waals surface area contributed by atoms with Gasteiger partial charge >= 0.3 is 0 Å². The highest BCUT2D eigenvalue weighted by Gasteiger charge is 2.48. The number of fused-ring (bicyclic) bond motifs is 4. The number of aromatic nitrogens is 1. The van der Waals surface area contributed by atoms with Crippen LogP contribution in [-0.4, -0.2) is 63.9 Å². The molecule has 0 radical (unpaired) electrons. The van der Waals surface area contributed by atoms with Crippen LogP contribution in [0.4, 0.5) is 5.69 Å². The molecule has 1 fully saturated rings. The summed E-state index contributed by atoms with van der Waals surface area (Å²) in [7, 11) is 0. The molecule has 5 rings (SSSR count). The number of non-ortho nitro benzene ring substituents is 1. The molecular formula is C25H26N4O5. The van der Waals surface area contributed by atoms with Crippen LogP contribution in [0.2, 0.25) is 0 Å². The molecule has 2 aliphatic rings. The molecule has 176 valence electrons. The van der Waals surface area contributed by atoms with Crippen molar-refractivity contribution >= 4 is 28.4 Å². The van der Waals surface area contributed by atoms with Crippen LogP contribution in [0, 0.1) is 10.1 Å². The highest BCUT2D eigenvalue weighted by Crippen LogP contribution is 2.42. The average molecular weight is 463 g/mol. The molecular weight excluding hydrogens is 436 g/mol. The maximum atomic E-state index is 13.5.